The molecule has 1 saturated heterocycles. The number of hydrogen-bond donors (Lipinski definition) is 0. The first kappa shape index (κ1) is 15.2. The molecule has 1 amide bonds. The number of ether oxygens (including phenoxy) is 1. The number of likely N-dealkylation sites (tertiary alicyclic amines) is 1. The minimum atomic E-state index is -0.202. The summed E-state index contributed by atoms with van der Waals surface area (Å²) in [5, 5.41) is 0. The summed E-state index contributed by atoms with van der Waals surface area (Å²) in [6.07, 6.45) is 7.60. The smallest absolute Gasteiger partial charge is 0.410 e. The minimum absolute atomic E-state index is 0.202. The second-order valence-electron chi connectivity index (χ2n) is 5.62. The molecule has 110 valence electrons. The first-order valence-electron chi connectivity index (χ1n) is 7.14. The van der Waals surface area contributed by atoms with E-state index < -0.39 is 0 Å². The average Bonchev–Trinajstić information content (AvgIpc) is 2.43. The van der Waals surface area contributed by atoms with E-state index in [1.807, 2.05) is 17.9 Å². The molecule has 0 spiro atoms. The highest BCUT2D eigenvalue weighted by molar-refractivity contribution is 7.95. The third kappa shape index (κ3) is 3.48. The summed E-state index contributed by atoms with van der Waals surface area (Å²) in [7, 11) is 0.223. The topological polar surface area (TPSA) is 29.5 Å². The normalized spacial score (nSPS) is 15.6. The Kier molecular flexibility index (Phi) is 4.97. The van der Waals surface area contributed by atoms with Crippen LogP contribution in [0.2, 0.25) is 0 Å². The largest absolute Gasteiger partial charge is 0.415 e. The maximum Gasteiger partial charge on any atom is 0.415 e. The van der Waals surface area contributed by atoms with E-state index in [1.165, 1.54) is 16.9 Å². The lowest BCUT2D eigenvalue weighted by atomic mass is 10.1. The van der Waals surface area contributed by atoms with Crippen molar-refractivity contribution in [2.24, 2.45) is 0 Å². The van der Waals surface area contributed by atoms with E-state index in [-0.39, 0.29) is 17.0 Å². The maximum absolute atomic E-state index is 12.2. The predicted molar refractivity (Wildman–Crippen MR) is 84.8 cm³/mol. The number of aryl methyl sites for hydroxylation is 2. The Morgan fingerprint density at radius 3 is 2.35 bits per heavy atom. The van der Waals surface area contributed by atoms with Crippen LogP contribution in [-0.4, -0.2) is 36.6 Å². The highest BCUT2D eigenvalue weighted by Gasteiger charge is 2.21. The van der Waals surface area contributed by atoms with Crippen LogP contribution in [0.4, 0.5) is 4.79 Å². The van der Waals surface area contributed by atoms with Crippen LogP contribution < -0.4 is 4.74 Å². The van der Waals surface area contributed by atoms with Crippen molar-refractivity contribution in [3.05, 3.63) is 23.3 Å². The van der Waals surface area contributed by atoms with E-state index in [9.17, 15) is 4.79 Å². The summed E-state index contributed by atoms with van der Waals surface area (Å²) in [4.78, 5) is 15.3. The van der Waals surface area contributed by atoms with Crippen LogP contribution in [0, 0.1) is 13.8 Å². The van der Waals surface area contributed by atoms with Gasteiger partial charge in [0.05, 0.1) is 0 Å². The fraction of sp³-hybridized carbons (Fsp3) is 0.562. The molecule has 4 heteroatoms. The first-order valence-corrected chi connectivity index (χ1v) is 9.18. The van der Waals surface area contributed by atoms with Crippen LogP contribution in [0.15, 0.2) is 17.0 Å². The molecule has 0 aromatic heterocycles. The van der Waals surface area contributed by atoms with Crippen LogP contribution >= 0.6 is 0 Å². The quantitative estimate of drug-likeness (QED) is 0.781. The standard InChI is InChI=1S/C16H24NO2S/c1-12-11-15(20(3)4)13(2)10-14(12)19-16(18)17-8-6-5-7-9-17/h10-11H,5-9H2,1-4H3/q+1. The number of rotatable bonds is 2. The van der Waals surface area contributed by atoms with E-state index in [2.05, 4.69) is 25.5 Å². The average molecular weight is 294 g/mol. The van der Waals surface area contributed by atoms with Crippen molar-refractivity contribution in [3.63, 3.8) is 0 Å². The molecule has 20 heavy (non-hydrogen) atoms. The van der Waals surface area contributed by atoms with Gasteiger partial charge in [-0.3, -0.25) is 0 Å². The van der Waals surface area contributed by atoms with Gasteiger partial charge in [0.2, 0.25) is 0 Å². The van der Waals surface area contributed by atoms with Gasteiger partial charge in [-0.05, 0) is 44.7 Å². The lowest BCUT2D eigenvalue weighted by molar-refractivity contribution is 0.142. The molecule has 0 saturated carbocycles. The van der Waals surface area contributed by atoms with E-state index >= 15 is 0 Å². The second kappa shape index (κ2) is 6.53. The second-order valence-corrected chi connectivity index (χ2v) is 7.69. The molecule has 1 aromatic rings. The molecule has 3 nitrogen and oxygen atoms in total. The van der Waals surface area contributed by atoms with Crippen molar-refractivity contribution in [3.8, 4) is 5.75 Å². The highest BCUT2D eigenvalue weighted by Crippen LogP contribution is 2.26. The van der Waals surface area contributed by atoms with Gasteiger partial charge < -0.3 is 9.64 Å². The zero-order valence-electron chi connectivity index (χ0n) is 12.9. The highest BCUT2D eigenvalue weighted by atomic mass is 32.2. The molecule has 0 unspecified atom stereocenters. The van der Waals surface area contributed by atoms with Crippen LogP contribution in [0.25, 0.3) is 0 Å². The van der Waals surface area contributed by atoms with Gasteiger partial charge in [0.15, 0.2) is 4.90 Å². The Morgan fingerprint density at radius 1 is 1.10 bits per heavy atom. The summed E-state index contributed by atoms with van der Waals surface area (Å²) in [5.41, 5.74) is 2.24. The molecule has 0 bridgehead atoms. The number of carbonyl (C=O) groups is 1. The fourth-order valence-electron chi connectivity index (χ4n) is 2.55. The Morgan fingerprint density at radius 2 is 1.75 bits per heavy atom. The van der Waals surface area contributed by atoms with Gasteiger partial charge in [0.25, 0.3) is 0 Å². The van der Waals surface area contributed by atoms with Crippen LogP contribution in [0.5, 0.6) is 5.75 Å². The molecule has 0 aliphatic carbocycles. The number of nitrogens with zero attached hydrogens (tertiary/aromatic N) is 1. The number of piperidine rings is 1. The summed E-state index contributed by atoms with van der Waals surface area (Å²) in [6.45, 7) is 5.74. The van der Waals surface area contributed by atoms with Crippen molar-refractivity contribution in [1.82, 2.24) is 4.90 Å². The number of carbonyl (C=O) groups excluding carboxylic acids is 1. The number of hydrogen-bond acceptors (Lipinski definition) is 2. The molecule has 2 rings (SSSR count). The van der Waals surface area contributed by atoms with Crippen LogP contribution in [0.1, 0.15) is 30.4 Å². The van der Waals surface area contributed by atoms with Gasteiger partial charge in [-0.25, -0.2) is 4.79 Å². The molecule has 1 heterocycles. The SMILES string of the molecule is Cc1cc([S+](C)C)c(C)cc1OC(=O)N1CCCCC1. The molecule has 0 N–H and O–H groups in total. The number of amides is 1. The van der Waals surface area contributed by atoms with Crippen LogP contribution in [0.3, 0.4) is 0 Å². The molecule has 1 aromatic carbocycles. The first-order chi connectivity index (χ1) is 9.49. The third-order valence-corrected chi connectivity index (χ3v) is 5.04. The van der Waals surface area contributed by atoms with Gasteiger partial charge in [0, 0.05) is 35.6 Å². The molecular weight excluding hydrogens is 270 g/mol. The van der Waals surface area contributed by atoms with Gasteiger partial charge >= 0.3 is 6.09 Å². The predicted octanol–water partition coefficient (Wildman–Crippen LogP) is 3.52. The Hall–Kier alpha value is -1.16. The molecule has 1 aliphatic heterocycles. The zero-order valence-corrected chi connectivity index (χ0v) is 13.7. The molecular formula is C16H24NO2S+. The minimum Gasteiger partial charge on any atom is -0.410 e. The summed E-state index contributed by atoms with van der Waals surface area (Å²) >= 11 is 0. The molecule has 1 aliphatic rings. The summed E-state index contributed by atoms with van der Waals surface area (Å²) in [6, 6.07) is 4.15. The van der Waals surface area contributed by atoms with Gasteiger partial charge in [0.1, 0.15) is 18.3 Å². The zero-order chi connectivity index (χ0) is 14.7. The fourth-order valence-corrected chi connectivity index (χ4v) is 3.66. The molecule has 0 atom stereocenters. The lowest BCUT2D eigenvalue weighted by Crippen LogP contribution is -2.37. The Bertz CT molecular complexity index is 493. The van der Waals surface area contributed by atoms with E-state index in [4.69, 9.17) is 4.74 Å². The van der Waals surface area contributed by atoms with Gasteiger partial charge in [-0.1, -0.05) is 0 Å². The Labute approximate surface area is 124 Å². The lowest BCUT2D eigenvalue weighted by Gasteiger charge is -2.26. The van der Waals surface area contributed by atoms with Crippen molar-refractivity contribution in [1.29, 1.82) is 0 Å². The van der Waals surface area contributed by atoms with Crippen molar-refractivity contribution >= 4 is 17.0 Å². The summed E-state index contributed by atoms with van der Waals surface area (Å²) in [5.74, 6) is 0.701. The number of benzene rings is 1. The van der Waals surface area contributed by atoms with Gasteiger partial charge in [-0.15, -0.1) is 0 Å². The Balaban J connectivity index is 2.13. The van der Waals surface area contributed by atoms with E-state index in [0.717, 1.165) is 31.5 Å². The maximum atomic E-state index is 12.2. The van der Waals surface area contributed by atoms with Crippen molar-refractivity contribution < 1.29 is 9.53 Å². The molecule has 0 radical (unpaired) electrons. The van der Waals surface area contributed by atoms with Crippen LogP contribution in [-0.2, 0) is 10.9 Å². The van der Waals surface area contributed by atoms with Gasteiger partial charge in [-0.2, -0.15) is 0 Å². The van der Waals surface area contributed by atoms with E-state index in [0.29, 0.717) is 5.75 Å². The van der Waals surface area contributed by atoms with Crippen molar-refractivity contribution in [2.75, 3.05) is 25.6 Å². The van der Waals surface area contributed by atoms with Crippen molar-refractivity contribution in [2.45, 2.75) is 38.0 Å². The summed E-state index contributed by atoms with van der Waals surface area (Å²) < 4.78 is 5.59. The third-order valence-electron chi connectivity index (χ3n) is 3.72. The molecule has 1 fully saturated rings. The monoisotopic (exact) mass is 294 g/mol. The van der Waals surface area contributed by atoms with E-state index in [1.54, 1.807) is 0 Å².